The Morgan fingerprint density at radius 1 is 1.07 bits per heavy atom. The molecular formula is C19H23FN2O4S. The maximum absolute atomic E-state index is 13.1. The van der Waals surface area contributed by atoms with E-state index in [1.165, 1.54) is 24.3 Å². The first-order valence-electron chi connectivity index (χ1n) is 8.34. The summed E-state index contributed by atoms with van der Waals surface area (Å²) in [6, 6.07) is 11.6. The molecule has 0 aliphatic heterocycles. The van der Waals surface area contributed by atoms with Crippen molar-refractivity contribution in [3.8, 4) is 5.75 Å². The molecule has 0 fully saturated rings. The summed E-state index contributed by atoms with van der Waals surface area (Å²) in [5.74, 6) is -0.0516. The Morgan fingerprint density at radius 2 is 1.63 bits per heavy atom. The maximum atomic E-state index is 13.1. The second kappa shape index (κ2) is 8.96. The summed E-state index contributed by atoms with van der Waals surface area (Å²) in [5.41, 5.74) is 1.40. The summed E-state index contributed by atoms with van der Waals surface area (Å²) in [4.78, 5) is 12.4. The van der Waals surface area contributed by atoms with Gasteiger partial charge in [-0.3, -0.25) is 4.79 Å². The normalized spacial score (nSPS) is 13.6. The Kier molecular flexibility index (Phi) is 6.92. The van der Waals surface area contributed by atoms with Crippen LogP contribution in [-0.4, -0.2) is 27.7 Å². The summed E-state index contributed by atoms with van der Waals surface area (Å²) >= 11 is 0. The molecule has 6 nitrogen and oxygen atoms in total. The van der Waals surface area contributed by atoms with Crippen LogP contribution in [0.1, 0.15) is 36.6 Å². The van der Waals surface area contributed by atoms with Gasteiger partial charge in [-0.05, 0) is 42.3 Å². The highest BCUT2D eigenvalue weighted by Crippen LogP contribution is 2.21. The molecule has 146 valence electrons. The average Bonchev–Trinajstić information content (AvgIpc) is 2.60. The van der Waals surface area contributed by atoms with Gasteiger partial charge in [-0.1, -0.05) is 24.3 Å². The van der Waals surface area contributed by atoms with Crippen molar-refractivity contribution in [1.29, 1.82) is 0 Å². The van der Waals surface area contributed by atoms with Gasteiger partial charge in [-0.25, -0.2) is 17.5 Å². The van der Waals surface area contributed by atoms with Gasteiger partial charge in [0.2, 0.25) is 15.9 Å². The Bertz CT molecular complexity index is 868. The summed E-state index contributed by atoms with van der Waals surface area (Å²) < 4.78 is 43.9. The molecule has 8 heteroatoms. The number of carbonyl (C=O) groups is 1. The van der Waals surface area contributed by atoms with Gasteiger partial charge >= 0.3 is 0 Å². The minimum Gasteiger partial charge on any atom is -0.497 e. The van der Waals surface area contributed by atoms with Gasteiger partial charge in [0.15, 0.2) is 0 Å². The van der Waals surface area contributed by atoms with E-state index in [0.29, 0.717) is 11.3 Å². The predicted octanol–water partition coefficient (Wildman–Crippen LogP) is 2.69. The van der Waals surface area contributed by atoms with E-state index in [2.05, 4.69) is 10.0 Å². The third-order valence-corrected chi connectivity index (χ3v) is 4.72. The fourth-order valence-electron chi connectivity index (χ4n) is 2.64. The topological polar surface area (TPSA) is 84.5 Å². The third kappa shape index (κ3) is 6.65. The van der Waals surface area contributed by atoms with Crippen LogP contribution in [0.5, 0.6) is 5.75 Å². The molecule has 2 aromatic carbocycles. The highest BCUT2D eigenvalue weighted by atomic mass is 32.2. The molecule has 0 spiro atoms. The molecular weight excluding hydrogens is 371 g/mol. The number of carbonyl (C=O) groups excluding carboxylic acids is 1. The molecule has 0 bridgehead atoms. The number of ether oxygens (including phenoxy) is 1. The monoisotopic (exact) mass is 394 g/mol. The smallest absolute Gasteiger partial charge is 0.222 e. The maximum Gasteiger partial charge on any atom is 0.222 e. The minimum absolute atomic E-state index is 0.112. The quantitative estimate of drug-likeness (QED) is 0.721. The molecule has 0 saturated heterocycles. The van der Waals surface area contributed by atoms with E-state index >= 15 is 0 Å². The van der Waals surface area contributed by atoms with Crippen LogP contribution in [0.15, 0.2) is 48.5 Å². The number of halogens is 1. The number of nitrogens with one attached hydrogen (secondary N) is 2. The van der Waals surface area contributed by atoms with E-state index in [1.54, 1.807) is 19.2 Å². The lowest BCUT2D eigenvalue weighted by molar-refractivity contribution is -0.122. The Balaban J connectivity index is 2.08. The molecule has 0 unspecified atom stereocenters. The number of hydrogen-bond acceptors (Lipinski definition) is 4. The van der Waals surface area contributed by atoms with Gasteiger partial charge in [0.1, 0.15) is 11.6 Å². The van der Waals surface area contributed by atoms with Crippen LogP contribution < -0.4 is 14.8 Å². The van der Waals surface area contributed by atoms with Crippen molar-refractivity contribution in [3.63, 3.8) is 0 Å². The van der Waals surface area contributed by atoms with Crippen molar-refractivity contribution in [2.24, 2.45) is 0 Å². The summed E-state index contributed by atoms with van der Waals surface area (Å²) in [7, 11) is -1.98. The van der Waals surface area contributed by atoms with E-state index in [1.807, 2.05) is 19.1 Å². The van der Waals surface area contributed by atoms with Crippen molar-refractivity contribution in [2.75, 3.05) is 13.4 Å². The zero-order valence-electron chi connectivity index (χ0n) is 15.4. The second-order valence-corrected chi connectivity index (χ2v) is 8.04. The number of sulfonamides is 1. The van der Waals surface area contributed by atoms with Crippen LogP contribution in [0.3, 0.4) is 0 Å². The zero-order valence-corrected chi connectivity index (χ0v) is 16.2. The zero-order chi connectivity index (χ0) is 20.0. The first-order chi connectivity index (χ1) is 12.7. The summed E-state index contributed by atoms with van der Waals surface area (Å²) in [6.07, 6.45) is 0.903. The number of methoxy groups -OCH3 is 1. The fraction of sp³-hybridized carbons (Fsp3) is 0.316. The van der Waals surface area contributed by atoms with E-state index < -0.39 is 21.9 Å². The number of hydrogen-bond donors (Lipinski definition) is 2. The molecule has 0 saturated carbocycles. The first kappa shape index (κ1) is 20.9. The molecule has 2 N–H and O–H groups in total. The van der Waals surface area contributed by atoms with E-state index in [9.17, 15) is 17.6 Å². The average molecular weight is 394 g/mol. The third-order valence-electron chi connectivity index (χ3n) is 4.01. The van der Waals surface area contributed by atoms with Crippen molar-refractivity contribution >= 4 is 15.9 Å². The van der Waals surface area contributed by atoms with E-state index in [-0.39, 0.29) is 18.4 Å². The largest absolute Gasteiger partial charge is 0.497 e. The van der Waals surface area contributed by atoms with E-state index in [0.717, 1.165) is 11.8 Å². The second-order valence-electron chi connectivity index (χ2n) is 6.26. The summed E-state index contributed by atoms with van der Waals surface area (Å²) in [5, 5.41) is 2.84. The van der Waals surface area contributed by atoms with Crippen molar-refractivity contribution in [1.82, 2.24) is 10.0 Å². The van der Waals surface area contributed by atoms with Crippen LogP contribution in [0.2, 0.25) is 0 Å². The molecule has 27 heavy (non-hydrogen) atoms. The van der Waals surface area contributed by atoms with E-state index in [4.69, 9.17) is 4.74 Å². The standard InChI is InChI=1S/C19H23FN2O4S/c1-13(14-6-10-17(26-2)11-7-14)21-19(23)12-18(22-27(3,24)25)15-4-8-16(20)9-5-15/h4-11,13,18,22H,12H2,1-3H3,(H,21,23)/t13-,18-/m0/s1. The Hall–Kier alpha value is -2.45. The van der Waals surface area contributed by atoms with Crippen molar-refractivity contribution in [2.45, 2.75) is 25.4 Å². The molecule has 0 heterocycles. The minimum atomic E-state index is -3.55. The van der Waals surface area contributed by atoms with Gasteiger partial charge in [0, 0.05) is 6.42 Å². The van der Waals surface area contributed by atoms with Gasteiger partial charge in [-0.2, -0.15) is 0 Å². The van der Waals surface area contributed by atoms with Gasteiger partial charge in [0.25, 0.3) is 0 Å². The SMILES string of the molecule is COc1ccc([C@H](C)NC(=O)C[C@H](NS(C)(=O)=O)c2ccc(F)cc2)cc1. The number of rotatable bonds is 8. The first-order valence-corrected chi connectivity index (χ1v) is 10.2. The highest BCUT2D eigenvalue weighted by Gasteiger charge is 2.21. The van der Waals surface area contributed by atoms with Crippen LogP contribution in [-0.2, 0) is 14.8 Å². The molecule has 0 aromatic heterocycles. The molecule has 2 atom stereocenters. The Labute approximate surface area is 158 Å². The van der Waals surface area contributed by atoms with Crippen molar-refractivity contribution in [3.05, 3.63) is 65.5 Å². The Morgan fingerprint density at radius 3 is 2.15 bits per heavy atom. The van der Waals surface area contributed by atoms with Crippen LogP contribution in [0.25, 0.3) is 0 Å². The van der Waals surface area contributed by atoms with Crippen LogP contribution in [0.4, 0.5) is 4.39 Å². The number of benzene rings is 2. The van der Waals surface area contributed by atoms with Gasteiger partial charge in [0.05, 0.1) is 25.4 Å². The molecule has 2 rings (SSSR count). The lowest BCUT2D eigenvalue weighted by atomic mass is 10.0. The van der Waals surface area contributed by atoms with Crippen LogP contribution in [0, 0.1) is 5.82 Å². The predicted molar refractivity (Wildman–Crippen MR) is 101 cm³/mol. The van der Waals surface area contributed by atoms with Gasteiger partial charge in [-0.15, -0.1) is 0 Å². The summed E-state index contributed by atoms with van der Waals surface area (Å²) in [6.45, 7) is 1.83. The number of amides is 1. The lowest BCUT2D eigenvalue weighted by Gasteiger charge is -2.20. The highest BCUT2D eigenvalue weighted by molar-refractivity contribution is 7.88. The van der Waals surface area contributed by atoms with Gasteiger partial charge < -0.3 is 10.1 Å². The van der Waals surface area contributed by atoms with Crippen molar-refractivity contribution < 1.29 is 22.3 Å². The molecule has 0 radical (unpaired) electrons. The molecule has 0 aliphatic carbocycles. The molecule has 0 aliphatic rings. The molecule has 2 aromatic rings. The van der Waals surface area contributed by atoms with Crippen LogP contribution >= 0.6 is 0 Å². The fourth-order valence-corrected chi connectivity index (χ4v) is 3.38. The lowest BCUT2D eigenvalue weighted by Crippen LogP contribution is -2.34. The molecule has 1 amide bonds.